The second-order valence-electron chi connectivity index (χ2n) is 11.9. The highest BCUT2D eigenvalue weighted by Gasteiger charge is 2.53. The number of benzene rings is 2. The number of rotatable bonds is 6. The smallest absolute Gasteiger partial charge is 0.306 e. The van der Waals surface area contributed by atoms with E-state index in [4.69, 9.17) is 28.4 Å². The van der Waals surface area contributed by atoms with E-state index < -0.39 is 6.29 Å². The summed E-state index contributed by atoms with van der Waals surface area (Å²) in [6.45, 7) is 3.34. The first-order chi connectivity index (χ1) is 19.9. The van der Waals surface area contributed by atoms with Crippen molar-refractivity contribution in [2.24, 2.45) is 23.7 Å². The molecule has 3 heterocycles. The molecular weight excluding hydrogens is 528 g/mol. The summed E-state index contributed by atoms with van der Waals surface area (Å²) in [5.74, 6) is 1.56. The second kappa shape index (κ2) is 12.4. The summed E-state index contributed by atoms with van der Waals surface area (Å²) < 4.78 is 33.9. The number of carbonyl (C=O) groups excluding carboxylic acids is 1. The minimum Gasteiger partial charge on any atom is -0.497 e. The molecule has 10 atom stereocenters. The Bertz CT molecular complexity index is 1170. The van der Waals surface area contributed by atoms with E-state index in [2.05, 4.69) is 31.2 Å². The van der Waals surface area contributed by atoms with Gasteiger partial charge in [-0.2, -0.15) is 0 Å². The highest BCUT2D eigenvalue weighted by atomic mass is 16.7. The Morgan fingerprint density at radius 1 is 0.902 bits per heavy atom. The number of aliphatic hydroxyl groups is 2. The van der Waals surface area contributed by atoms with Crippen LogP contribution in [0.4, 0.5) is 0 Å². The molecule has 2 N–H and O–H groups in total. The molecular formula is C32H40O9. The average molecular weight is 569 g/mol. The molecule has 2 aromatic carbocycles. The maximum Gasteiger partial charge on any atom is 0.306 e. The Kier molecular flexibility index (Phi) is 8.62. The van der Waals surface area contributed by atoms with Gasteiger partial charge >= 0.3 is 5.97 Å². The lowest BCUT2D eigenvalue weighted by Crippen LogP contribution is -2.35. The Labute approximate surface area is 240 Å². The van der Waals surface area contributed by atoms with Crippen molar-refractivity contribution in [3.05, 3.63) is 65.2 Å². The first kappa shape index (κ1) is 28.6. The molecule has 3 saturated heterocycles. The van der Waals surface area contributed by atoms with Gasteiger partial charge < -0.3 is 38.6 Å². The zero-order chi connectivity index (χ0) is 28.5. The first-order valence-corrected chi connectivity index (χ1v) is 14.6. The van der Waals surface area contributed by atoms with Crippen molar-refractivity contribution >= 4 is 5.97 Å². The van der Waals surface area contributed by atoms with E-state index in [0.29, 0.717) is 26.1 Å². The number of ether oxygens (including phenoxy) is 6. The number of hydrogen-bond donors (Lipinski definition) is 2. The monoisotopic (exact) mass is 568 g/mol. The summed E-state index contributed by atoms with van der Waals surface area (Å²) in [5, 5.41) is 19.1. The Morgan fingerprint density at radius 2 is 1.66 bits per heavy atom. The molecule has 0 spiro atoms. The summed E-state index contributed by atoms with van der Waals surface area (Å²) in [6, 6.07) is 16.0. The topological polar surface area (TPSA) is 113 Å². The lowest BCUT2D eigenvalue weighted by molar-refractivity contribution is -0.238. The predicted molar refractivity (Wildman–Crippen MR) is 147 cm³/mol. The highest BCUT2D eigenvalue weighted by Crippen LogP contribution is 2.47. The molecule has 5 unspecified atom stereocenters. The normalized spacial score (nSPS) is 37.0. The Morgan fingerprint density at radius 3 is 2.39 bits per heavy atom. The number of hydrogen-bond acceptors (Lipinski definition) is 9. The molecule has 0 aromatic heterocycles. The van der Waals surface area contributed by atoms with E-state index in [0.717, 1.165) is 29.7 Å². The number of carbonyl (C=O) groups is 1. The van der Waals surface area contributed by atoms with E-state index in [9.17, 15) is 15.0 Å². The van der Waals surface area contributed by atoms with Crippen molar-refractivity contribution in [2.75, 3.05) is 20.3 Å². The molecule has 5 aliphatic rings. The van der Waals surface area contributed by atoms with Crippen LogP contribution in [0.25, 0.3) is 0 Å². The van der Waals surface area contributed by atoms with Crippen LogP contribution in [0.3, 0.4) is 0 Å². The number of aryl methyl sites for hydroxylation is 1. The van der Waals surface area contributed by atoms with Crippen LogP contribution in [0, 0.1) is 30.6 Å². The van der Waals surface area contributed by atoms with Gasteiger partial charge in [0.2, 0.25) is 0 Å². The molecule has 41 heavy (non-hydrogen) atoms. The molecule has 3 aliphatic heterocycles. The fraction of sp³-hybridized carbons (Fsp3) is 0.594. The van der Waals surface area contributed by atoms with Crippen molar-refractivity contribution in [1.29, 1.82) is 0 Å². The van der Waals surface area contributed by atoms with E-state index in [1.165, 1.54) is 5.56 Å². The van der Waals surface area contributed by atoms with Crippen LogP contribution in [0.1, 0.15) is 48.7 Å². The van der Waals surface area contributed by atoms with Gasteiger partial charge in [0, 0.05) is 49.2 Å². The van der Waals surface area contributed by atoms with Crippen LogP contribution >= 0.6 is 0 Å². The van der Waals surface area contributed by atoms with Gasteiger partial charge in [-0.3, -0.25) is 4.79 Å². The zero-order valence-corrected chi connectivity index (χ0v) is 23.6. The van der Waals surface area contributed by atoms with Gasteiger partial charge in [0.15, 0.2) is 12.6 Å². The third kappa shape index (κ3) is 6.16. The van der Waals surface area contributed by atoms with Crippen molar-refractivity contribution in [2.45, 2.75) is 76.2 Å². The summed E-state index contributed by atoms with van der Waals surface area (Å²) in [4.78, 5) is 11.4. The minimum atomic E-state index is -0.669. The Hall–Kier alpha value is -2.53. The van der Waals surface area contributed by atoms with E-state index in [1.807, 2.05) is 24.3 Å². The van der Waals surface area contributed by atoms with E-state index in [-0.39, 0.29) is 67.0 Å². The van der Waals surface area contributed by atoms with Gasteiger partial charge in [-0.05, 0) is 30.5 Å². The van der Waals surface area contributed by atoms with Gasteiger partial charge in [-0.1, -0.05) is 42.0 Å². The molecule has 2 aromatic rings. The van der Waals surface area contributed by atoms with Crippen LogP contribution in [-0.2, 0) is 35.1 Å². The lowest BCUT2D eigenvalue weighted by Gasteiger charge is -2.34. The molecule has 0 radical (unpaired) electrons. The largest absolute Gasteiger partial charge is 0.497 e. The number of esters is 1. The van der Waals surface area contributed by atoms with Gasteiger partial charge in [0.1, 0.15) is 11.9 Å². The quantitative estimate of drug-likeness (QED) is 0.504. The van der Waals surface area contributed by atoms with Crippen LogP contribution in [0.5, 0.6) is 5.75 Å². The van der Waals surface area contributed by atoms with Crippen LogP contribution in [0.2, 0.25) is 0 Å². The van der Waals surface area contributed by atoms with Gasteiger partial charge in [-0.15, -0.1) is 0 Å². The molecule has 0 amide bonds. The molecule has 5 fully saturated rings. The van der Waals surface area contributed by atoms with Gasteiger partial charge in [0.05, 0.1) is 45.1 Å². The third-order valence-electron chi connectivity index (χ3n) is 9.35. The number of methoxy groups -OCH3 is 1. The lowest BCUT2D eigenvalue weighted by atomic mass is 9.92. The summed E-state index contributed by atoms with van der Waals surface area (Å²) in [6.07, 6.45) is 1.85. The number of fused-ring (bicyclic) bond motifs is 4. The minimum absolute atomic E-state index is 0.0174. The van der Waals surface area contributed by atoms with Crippen molar-refractivity contribution in [1.82, 2.24) is 0 Å². The Balaban J connectivity index is 0.000000148. The SMILES string of the molecule is COc1ccc(C2OCC3[C@H]4CC(=O)OC4C[C@H]3O2)cc1.Cc1ccc(CO[C@@H]2CC3OC(O)C[C@@H]3[C@H]2CO)cc1. The fourth-order valence-corrected chi connectivity index (χ4v) is 7.11. The summed E-state index contributed by atoms with van der Waals surface area (Å²) >= 11 is 0. The maximum absolute atomic E-state index is 11.4. The number of aliphatic hydroxyl groups excluding tert-OH is 2. The van der Waals surface area contributed by atoms with Crippen LogP contribution in [-0.4, -0.2) is 67.2 Å². The highest BCUT2D eigenvalue weighted by molar-refractivity contribution is 5.72. The van der Waals surface area contributed by atoms with Crippen molar-refractivity contribution < 1.29 is 43.4 Å². The van der Waals surface area contributed by atoms with E-state index in [1.54, 1.807) is 7.11 Å². The molecule has 7 rings (SSSR count). The third-order valence-corrected chi connectivity index (χ3v) is 9.35. The summed E-state index contributed by atoms with van der Waals surface area (Å²) in [7, 11) is 1.64. The molecule has 222 valence electrons. The van der Waals surface area contributed by atoms with Crippen LogP contribution < -0.4 is 4.74 Å². The van der Waals surface area contributed by atoms with Crippen molar-refractivity contribution in [3.8, 4) is 5.75 Å². The molecule has 0 bridgehead atoms. The van der Waals surface area contributed by atoms with Crippen molar-refractivity contribution in [3.63, 3.8) is 0 Å². The van der Waals surface area contributed by atoms with E-state index >= 15 is 0 Å². The van der Waals surface area contributed by atoms with Gasteiger partial charge in [-0.25, -0.2) is 0 Å². The fourth-order valence-electron chi connectivity index (χ4n) is 7.11. The first-order valence-electron chi connectivity index (χ1n) is 14.6. The standard InChI is InChI=1S/C16H18O5.C16H22O4/c1-18-10-4-2-9(3-5-10)16-19-8-12-11-6-15(17)20-13(11)7-14(12)21-16;1-10-2-4-11(5-3-10)9-19-14-7-15-12(13(14)8-17)6-16(18)20-15/h2-5,11-14,16H,6-8H2,1H3;2-5,12-18H,6-9H2,1H3/t11-,12?,13?,14-,16?;12-,13-,14-,15?,16?/m11/s1. The molecule has 2 aliphatic carbocycles. The predicted octanol–water partition coefficient (Wildman–Crippen LogP) is 3.68. The van der Waals surface area contributed by atoms with Gasteiger partial charge in [0.25, 0.3) is 0 Å². The van der Waals surface area contributed by atoms with Crippen LogP contribution in [0.15, 0.2) is 48.5 Å². The average Bonchev–Trinajstić information content (AvgIpc) is 3.70. The second-order valence-corrected chi connectivity index (χ2v) is 11.9. The summed E-state index contributed by atoms with van der Waals surface area (Å²) in [5.41, 5.74) is 3.37. The maximum atomic E-state index is 11.4. The molecule has 2 saturated carbocycles. The molecule has 9 nitrogen and oxygen atoms in total. The zero-order valence-electron chi connectivity index (χ0n) is 23.6. The molecule has 9 heteroatoms.